The van der Waals surface area contributed by atoms with Crippen molar-refractivity contribution in [2.75, 3.05) is 6.54 Å². The first-order chi connectivity index (χ1) is 11.1. The average molecular weight is 315 g/mol. The van der Waals surface area contributed by atoms with Crippen LogP contribution in [0.25, 0.3) is 0 Å². The summed E-state index contributed by atoms with van der Waals surface area (Å²) in [6, 6.07) is 11.6. The Kier molecular flexibility index (Phi) is 5.80. The third-order valence-electron chi connectivity index (χ3n) is 3.29. The van der Waals surface area contributed by atoms with E-state index in [1.807, 2.05) is 6.07 Å². The minimum Gasteiger partial charge on any atom is -0.349 e. The molecule has 0 aliphatic rings. The summed E-state index contributed by atoms with van der Waals surface area (Å²) in [6.45, 7) is 1.56. The molecular formula is C17H18FN3O2. The number of nitrogens with one attached hydrogen (secondary N) is 1. The van der Waals surface area contributed by atoms with Crippen molar-refractivity contribution in [2.45, 2.75) is 20.0 Å². The Labute approximate surface area is 134 Å². The predicted octanol–water partition coefficient (Wildman–Crippen LogP) is 1.89. The Hall–Kier alpha value is -2.76. The number of halogens is 1. The van der Waals surface area contributed by atoms with Gasteiger partial charge in [0.2, 0.25) is 11.8 Å². The highest BCUT2D eigenvalue weighted by molar-refractivity contribution is 5.83. The molecule has 2 rings (SSSR count). The van der Waals surface area contributed by atoms with Crippen LogP contribution in [0.1, 0.15) is 18.2 Å². The zero-order valence-electron chi connectivity index (χ0n) is 12.8. The second-order valence-corrected chi connectivity index (χ2v) is 5.06. The Morgan fingerprint density at radius 3 is 2.57 bits per heavy atom. The molecule has 0 fully saturated rings. The molecule has 23 heavy (non-hydrogen) atoms. The average Bonchev–Trinajstić information content (AvgIpc) is 2.55. The maximum atomic E-state index is 13.7. The molecule has 2 aromatic rings. The van der Waals surface area contributed by atoms with Crippen molar-refractivity contribution in [1.29, 1.82) is 0 Å². The zero-order chi connectivity index (χ0) is 16.7. The number of amides is 2. The van der Waals surface area contributed by atoms with Crippen LogP contribution in [0.15, 0.2) is 48.7 Å². The summed E-state index contributed by atoms with van der Waals surface area (Å²) in [4.78, 5) is 29.1. The lowest BCUT2D eigenvalue weighted by atomic mass is 10.2. The fraction of sp³-hybridized carbons (Fsp3) is 0.235. The van der Waals surface area contributed by atoms with E-state index in [0.717, 1.165) is 5.69 Å². The highest BCUT2D eigenvalue weighted by Crippen LogP contribution is 2.10. The maximum absolute atomic E-state index is 13.7. The topological polar surface area (TPSA) is 62.3 Å². The molecule has 0 saturated carbocycles. The van der Waals surface area contributed by atoms with Crippen LogP contribution in [0.2, 0.25) is 0 Å². The van der Waals surface area contributed by atoms with Crippen LogP contribution < -0.4 is 5.32 Å². The summed E-state index contributed by atoms with van der Waals surface area (Å²) in [5.74, 6) is -1.00. The molecule has 0 saturated heterocycles. The Balaban J connectivity index is 1.92. The van der Waals surface area contributed by atoms with Gasteiger partial charge in [-0.2, -0.15) is 0 Å². The summed E-state index contributed by atoms with van der Waals surface area (Å²) in [6.07, 6.45) is 1.64. The van der Waals surface area contributed by atoms with Gasteiger partial charge in [0, 0.05) is 25.2 Å². The number of carbonyl (C=O) groups excluding carboxylic acids is 2. The van der Waals surface area contributed by atoms with Crippen LogP contribution in [0.5, 0.6) is 0 Å². The van der Waals surface area contributed by atoms with Crippen molar-refractivity contribution >= 4 is 11.8 Å². The molecule has 1 aromatic heterocycles. The molecule has 120 valence electrons. The third-order valence-corrected chi connectivity index (χ3v) is 3.29. The van der Waals surface area contributed by atoms with E-state index >= 15 is 0 Å². The van der Waals surface area contributed by atoms with Crippen molar-refractivity contribution < 1.29 is 14.0 Å². The van der Waals surface area contributed by atoms with Gasteiger partial charge in [-0.15, -0.1) is 0 Å². The Bertz CT molecular complexity index is 677. The molecule has 0 spiro atoms. The van der Waals surface area contributed by atoms with Crippen LogP contribution in [0.3, 0.4) is 0 Å². The van der Waals surface area contributed by atoms with Gasteiger partial charge in [0.1, 0.15) is 5.82 Å². The summed E-state index contributed by atoms with van der Waals surface area (Å²) in [7, 11) is 0. The minimum absolute atomic E-state index is 0.0546. The molecule has 0 unspecified atom stereocenters. The third kappa shape index (κ3) is 5.18. The van der Waals surface area contributed by atoms with Gasteiger partial charge in [-0.3, -0.25) is 14.6 Å². The van der Waals surface area contributed by atoms with Crippen molar-refractivity contribution in [1.82, 2.24) is 15.2 Å². The maximum Gasteiger partial charge on any atom is 0.239 e. The molecule has 1 aromatic carbocycles. The van der Waals surface area contributed by atoms with E-state index in [4.69, 9.17) is 0 Å². The number of nitrogens with zero attached hydrogens (tertiary/aromatic N) is 2. The normalized spacial score (nSPS) is 10.2. The fourth-order valence-electron chi connectivity index (χ4n) is 2.03. The largest absolute Gasteiger partial charge is 0.349 e. The van der Waals surface area contributed by atoms with Crippen LogP contribution in [-0.4, -0.2) is 28.2 Å². The van der Waals surface area contributed by atoms with Crippen LogP contribution in [-0.2, 0) is 22.7 Å². The first-order valence-electron chi connectivity index (χ1n) is 7.22. The molecular weight excluding hydrogens is 297 g/mol. The van der Waals surface area contributed by atoms with Gasteiger partial charge >= 0.3 is 0 Å². The summed E-state index contributed by atoms with van der Waals surface area (Å²) >= 11 is 0. The molecule has 0 aliphatic carbocycles. The van der Waals surface area contributed by atoms with E-state index in [2.05, 4.69) is 10.3 Å². The molecule has 0 aliphatic heterocycles. The molecule has 1 heterocycles. The van der Waals surface area contributed by atoms with Crippen LogP contribution >= 0.6 is 0 Å². The second kappa shape index (κ2) is 8.03. The quantitative estimate of drug-likeness (QED) is 0.885. The Morgan fingerprint density at radius 1 is 1.17 bits per heavy atom. The molecule has 1 N–H and O–H groups in total. The summed E-state index contributed by atoms with van der Waals surface area (Å²) < 4.78 is 13.7. The van der Waals surface area contributed by atoms with Crippen molar-refractivity contribution in [2.24, 2.45) is 0 Å². The van der Waals surface area contributed by atoms with Crippen LogP contribution in [0, 0.1) is 5.82 Å². The molecule has 6 heteroatoms. The van der Waals surface area contributed by atoms with Gasteiger partial charge in [-0.05, 0) is 18.2 Å². The van der Waals surface area contributed by atoms with Gasteiger partial charge in [0.25, 0.3) is 0 Å². The van der Waals surface area contributed by atoms with E-state index < -0.39 is 5.82 Å². The van der Waals surface area contributed by atoms with Gasteiger partial charge in [-0.25, -0.2) is 4.39 Å². The highest BCUT2D eigenvalue weighted by atomic mass is 19.1. The van der Waals surface area contributed by atoms with E-state index in [0.29, 0.717) is 5.56 Å². The van der Waals surface area contributed by atoms with Gasteiger partial charge in [0.15, 0.2) is 0 Å². The van der Waals surface area contributed by atoms with E-state index in [-0.39, 0.29) is 31.4 Å². The molecule has 0 atom stereocenters. The second-order valence-electron chi connectivity index (χ2n) is 5.06. The number of hydrogen-bond donors (Lipinski definition) is 1. The number of rotatable bonds is 6. The zero-order valence-corrected chi connectivity index (χ0v) is 12.8. The van der Waals surface area contributed by atoms with Gasteiger partial charge in [-0.1, -0.05) is 24.3 Å². The molecule has 0 bridgehead atoms. The molecule has 0 radical (unpaired) electrons. The van der Waals surface area contributed by atoms with Gasteiger partial charge < -0.3 is 10.2 Å². The number of benzene rings is 1. The minimum atomic E-state index is -0.396. The lowest BCUT2D eigenvalue weighted by Gasteiger charge is -2.21. The van der Waals surface area contributed by atoms with Gasteiger partial charge in [0.05, 0.1) is 18.8 Å². The van der Waals surface area contributed by atoms with Crippen molar-refractivity contribution in [3.63, 3.8) is 0 Å². The van der Waals surface area contributed by atoms with E-state index in [1.54, 1.807) is 36.5 Å². The number of aromatic nitrogens is 1. The summed E-state index contributed by atoms with van der Waals surface area (Å²) in [5, 5.41) is 2.70. The highest BCUT2D eigenvalue weighted by Gasteiger charge is 2.15. The van der Waals surface area contributed by atoms with Crippen LogP contribution in [0.4, 0.5) is 4.39 Å². The van der Waals surface area contributed by atoms with E-state index in [9.17, 15) is 14.0 Å². The van der Waals surface area contributed by atoms with Crippen molar-refractivity contribution in [3.8, 4) is 0 Å². The molecule has 5 nitrogen and oxygen atoms in total. The smallest absolute Gasteiger partial charge is 0.239 e. The standard InChI is InChI=1S/C17H18FN3O2/c1-13(22)21(11-14-6-2-3-8-16(14)18)12-17(23)20-10-15-7-4-5-9-19-15/h2-9H,10-12H2,1H3,(H,20,23). The van der Waals surface area contributed by atoms with E-state index in [1.165, 1.54) is 17.9 Å². The Morgan fingerprint density at radius 2 is 1.91 bits per heavy atom. The predicted molar refractivity (Wildman–Crippen MR) is 83.6 cm³/mol. The summed E-state index contributed by atoms with van der Waals surface area (Å²) in [5.41, 5.74) is 1.10. The molecule has 2 amide bonds. The number of hydrogen-bond acceptors (Lipinski definition) is 3. The lowest BCUT2D eigenvalue weighted by Crippen LogP contribution is -2.39. The number of pyridine rings is 1. The number of carbonyl (C=O) groups is 2. The first kappa shape index (κ1) is 16.6. The monoisotopic (exact) mass is 315 g/mol. The van der Waals surface area contributed by atoms with Crippen molar-refractivity contribution in [3.05, 3.63) is 65.7 Å². The SMILES string of the molecule is CC(=O)N(CC(=O)NCc1ccccn1)Cc1ccccc1F. The fourth-order valence-corrected chi connectivity index (χ4v) is 2.03. The lowest BCUT2D eigenvalue weighted by molar-refractivity contribution is -0.135. The first-order valence-corrected chi connectivity index (χ1v) is 7.22.